The fourth-order valence-electron chi connectivity index (χ4n) is 5.98. The fourth-order valence-corrected chi connectivity index (χ4v) is 5.98. The summed E-state index contributed by atoms with van der Waals surface area (Å²) in [5, 5.41) is 15.4. The van der Waals surface area contributed by atoms with E-state index in [1.807, 2.05) is 0 Å². The van der Waals surface area contributed by atoms with Crippen molar-refractivity contribution in [1.29, 1.82) is 0 Å². The molecule has 0 atom stereocenters. The molecule has 8 rings (SSSR count). The highest BCUT2D eigenvalue weighted by molar-refractivity contribution is 6.20. The zero-order chi connectivity index (χ0) is 23.6. The summed E-state index contributed by atoms with van der Waals surface area (Å²) >= 11 is 0. The van der Waals surface area contributed by atoms with Crippen LogP contribution in [0.4, 0.5) is 0 Å². The van der Waals surface area contributed by atoms with E-state index in [9.17, 15) is 0 Å². The lowest BCUT2D eigenvalue weighted by Crippen LogP contribution is -1.88. The highest BCUT2D eigenvalue weighted by atomic mass is 14.2. The molecule has 0 aromatic heterocycles. The van der Waals surface area contributed by atoms with E-state index in [1.165, 1.54) is 75.8 Å². The lowest BCUT2D eigenvalue weighted by molar-refractivity contribution is 1.73. The van der Waals surface area contributed by atoms with Crippen LogP contribution in [0, 0.1) is 0 Å². The van der Waals surface area contributed by atoms with Crippen LogP contribution in [-0.2, 0) is 0 Å². The Bertz CT molecular complexity index is 2140. The first kappa shape index (κ1) is 19.6. The molecule has 0 N–H and O–H groups in total. The Morgan fingerprint density at radius 3 is 1.42 bits per heavy atom. The molecule has 0 spiro atoms. The molecule has 8 aromatic carbocycles. The van der Waals surface area contributed by atoms with Crippen LogP contribution in [0.1, 0.15) is 0 Å². The predicted molar refractivity (Wildman–Crippen MR) is 157 cm³/mol. The third-order valence-electron chi connectivity index (χ3n) is 7.70. The maximum atomic E-state index is 2.39. The molecule has 8 aromatic rings. The Kier molecular flexibility index (Phi) is 4.03. The second-order valence-corrected chi connectivity index (χ2v) is 9.82. The molecule has 0 aliphatic carbocycles. The maximum Gasteiger partial charge on any atom is -0.00204 e. The molecule has 0 aliphatic heterocycles. The predicted octanol–water partition coefficient (Wildman–Crippen LogP) is 10.3. The summed E-state index contributed by atoms with van der Waals surface area (Å²) in [4.78, 5) is 0. The fraction of sp³-hybridized carbons (Fsp3) is 0. The summed E-state index contributed by atoms with van der Waals surface area (Å²) < 4.78 is 0. The van der Waals surface area contributed by atoms with Gasteiger partial charge in [-0.25, -0.2) is 0 Å². The van der Waals surface area contributed by atoms with Gasteiger partial charge in [0.1, 0.15) is 0 Å². The van der Waals surface area contributed by atoms with Gasteiger partial charge in [0, 0.05) is 0 Å². The third kappa shape index (κ3) is 2.88. The minimum atomic E-state index is 1.28. The van der Waals surface area contributed by atoms with E-state index >= 15 is 0 Å². The molecule has 166 valence electrons. The van der Waals surface area contributed by atoms with Crippen molar-refractivity contribution >= 4 is 64.6 Å². The topological polar surface area (TPSA) is 0 Å². The highest BCUT2D eigenvalue weighted by Crippen LogP contribution is 2.42. The first-order chi connectivity index (χ1) is 17.8. The van der Waals surface area contributed by atoms with E-state index in [0.29, 0.717) is 0 Å². The van der Waals surface area contributed by atoms with E-state index in [2.05, 4.69) is 133 Å². The second kappa shape index (κ2) is 7.41. The van der Waals surface area contributed by atoms with Crippen molar-refractivity contribution in [2.75, 3.05) is 0 Å². The van der Waals surface area contributed by atoms with Crippen molar-refractivity contribution in [1.82, 2.24) is 0 Å². The van der Waals surface area contributed by atoms with Crippen LogP contribution in [0.5, 0.6) is 0 Å². The van der Waals surface area contributed by atoms with E-state index in [4.69, 9.17) is 0 Å². The van der Waals surface area contributed by atoms with Crippen LogP contribution >= 0.6 is 0 Å². The van der Waals surface area contributed by atoms with Crippen LogP contribution in [0.2, 0.25) is 0 Å². The molecule has 0 fully saturated rings. The minimum absolute atomic E-state index is 1.28. The van der Waals surface area contributed by atoms with Crippen molar-refractivity contribution in [3.8, 4) is 11.1 Å². The van der Waals surface area contributed by atoms with E-state index in [-0.39, 0.29) is 0 Å². The molecule has 0 saturated carbocycles. The molecular formula is C36H22. The molecule has 0 aliphatic rings. The summed E-state index contributed by atoms with van der Waals surface area (Å²) in [7, 11) is 0. The van der Waals surface area contributed by atoms with Crippen LogP contribution < -0.4 is 0 Å². The molecule has 36 heavy (non-hydrogen) atoms. The molecule has 0 radical (unpaired) electrons. The standard InChI is InChI=1S/C36H22/c1-2-9-24-17-30-22-34-28(19-29(30)16-23(24)8-1)13-7-15-33(34)36-32-14-6-5-12-27(32)20-31-18-25-10-3-4-11-26(25)21-35(31)36/h1-22H. The van der Waals surface area contributed by atoms with Crippen LogP contribution in [0.15, 0.2) is 133 Å². The van der Waals surface area contributed by atoms with E-state index in [0.717, 1.165) is 0 Å². The molecule has 0 saturated heterocycles. The summed E-state index contributed by atoms with van der Waals surface area (Å²) in [5.41, 5.74) is 2.61. The number of hydrogen-bond donors (Lipinski definition) is 0. The van der Waals surface area contributed by atoms with Gasteiger partial charge in [-0.1, -0.05) is 91.0 Å². The lowest BCUT2D eigenvalue weighted by Gasteiger charge is -2.16. The smallest absolute Gasteiger partial charge is 0.00204 e. The van der Waals surface area contributed by atoms with Crippen LogP contribution in [-0.4, -0.2) is 0 Å². The van der Waals surface area contributed by atoms with Gasteiger partial charge in [0.2, 0.25) is 0 Å². The molecule has 0 bridgehead atoms. The van der Waals surface area contributed by atoms with Crippen molar-refractivity contribution in [2.24, 2.45) is 0 Å². The van der Waals surface area contributed by atoms with Gasteiger partial charge in [0.15, 0.2) is 0 Å². The normalized spacial score (nSPS) is 11.9. The van der Waals surface area contributed by atoms with Gasteiger partial charge in [-0.2, -0.15) is 0 Å². The van der Waals surface area contributed by atoms with Gasteiger partial charge in [-0.3, -0.25) is 0 Å². The average Bonchev–Trinajstić information content (AvgIpc) is 2.92. The zero-order valence-electron chi connectivity index (χ0n) is 19.7. The second-order valence-electron chi connectivity index (χ2n) is 9.82. The first-order valence-corrected chi connectivity index (χ1v) is 12.5. The third-order valence-corrected chi connectivity index (χ3v) is 7.70. The average molecular weight is 455 g/mol. The van der Waals surface area contributed by atoms with Crippen molar-refractivity contribution < 1.29 is 0 Å². The SMILES string of the molecule is c1ccc2cc3cc4c(-c5c6ccccc6cc6cc7ccccc7cc56)cccc4cc3cc2c1. The van der Waals surface area contributed by atoms with Gasteiger partial charge in [-0.15, -0.1) is 0 Å². The molecule has 0 heterocycles. The van der Waals surface area contributed by atoms with Gasteiger partial charge in [-0.05, 0) is 118 Å². The molecular weight excluding hydrogens is 432 g/mol. The summed E-state index contributed by atoms with van der Waals surface area (Å²) in [5.74, 6) is 0. The maximum absolute atomic E-state index is 2.39. The number of benzene rings is 8. The Balaban J connectivity index is 1.53. The molecule has 0 heteroatoms. The molecule has 0 amide bonds. The zero-order valence-corrected chi connectivity index (χ0v) is 19.7. The van der Waals surface area contributed by atoms with Gasteiger partial charge in [0.25, 0.3) is 0 Å². The van der Waals surface area contributed by atoms with E-state index in [1.54, 1.807) is 0 Å². The van der Waals surface area contributed by atoms with Gasteiger partial charge >= 0.3 is 0 Å². The minimum Gasteiger partial charge on any atom is -0.0616 e. The van der Waals surface area contributed by atoms with Gasteiger partial charge < -0.3 is 0 Å². The molecule has 0 unspecified atom stereocenters. The monoisotopic (exact) mass is 454 g/mol. The quantitative estimate of drug-likeness (QED) is 0.216. The van der Waals surface area contributed by atoms with Crippen molar-refractivity contribution in [2.45, 2.75) is 0 Å². The molecule has 0 nitrogen and oxygen atoms in total. The number of fused-ring (bicyclic) bond motifs is 6. The Morgan fingerprint density at radius 2 is 0.694 bits per heavy atom. The Hall–Kier alpha value is -4.68. The number of rotatable bonds is 1. The van der Waals surface area contributed by atoms with Crippen LogP contribution in [0.3, 0.4) is 0 Å². The Labute approximate surface area is 209 Å². The Morgan fingerprint density at radius 1 is 0.250 bits per heavy atom. The van der Waals surface area contributed by atoms with Crippen molar-refractivity contribution in [3.63, 3.8) is 0 Å². The summed E-state index contributed by atoms with van der Waals surface area (Å²) in [6.07, 6.45) is 0. The largest absolute Gasteiger partial charge is 0.0616 e. The number of hydrogen-bond acceptors (Lipinski definition) is 0. The first-order valence-electron chi connectivity index (χ1n) is 12.5. The van der Waals surface area contributed by atoms with Crippen LogP contribution in [0.25, 0.3) is 75.8 Å². The summed E-state index contributed by atoms with van der Waals surface area (Å²) in [6, 6.07) is 49.3. The lowest BCUT2D eigenvalue weighted by atomic mass is 9.87. The van der Waals surface area contributed by atoms with E-state index < -0.39 is 0 Å². The highest BCUT2D eigenvalue weighted by Gasteiger charge is 2.14. The van der Waals surface area contributed by atoms with Crippen molar-refractivity contribution in [3.05, 3.63) is 133 Å². The van der Waals surface area contributed by atoms with Gasteiger partial charge in [0.05, 0.1) is 0 Å². The summed E-state index contributed by atoms with van der Waals surface area (Å²) in [6.45, 7) is 0.